The molecule has 0 radical (unpaired) electrons. The number of fused-ring (bicyclic) bond motifs is 1. The largest absolute Gasteiger partial charge is 0.465 e. The van der Waals surface area contributed by atoms with E-state index in [1.54, 1.807) is 12.1 Å². The zero-order chi connectivity index (χ0) is 16.4. The third-order valence-corrected chi connectivity index (χ3v) is 4.80. The molecule has 1 atom stereocenters. The number of benzene rings is 1. The fourth-order valence-electron chi connectivity index (χ4n) is 3.59. The van der Waals surface area contributed by atoms with Gasteiger partial charge in [-0.05, 0) is 49.4 Å². The number of methoxy groups -OCH3 is 1. The number of nitrogens with zero attached hydrogens (tertiary/aromatic N) is 2. The molecule has 1 fully saturated rings. The molecule has 0 spiro atoms. The van der Waals surface area contributed by atoms with Crippen LogP contribution in [0.4, 0.5) is 5.69 Å². The van der Waals surface area contributed by atoms with E-state index in [1.807, 2.05) is 11.0 Å². The predicted octanol–water partition coefficient (Wildman–Crippen LogP) is 2.09. The van der Waals surface area contributed by atoms with Gasteiger partial charge in [-0.2, -0.15) is 0 Å². The summed E-state index contributed by atoms with van der Waals surface area (Å²) in [4.78, 5) is 28.5. The highest BCUT2D eigenvalue weighted by Gasteiger charge is 2.28. The van der Waals surface area contributed by atoms with Crippen LogP contribution in [0.5, 0.6) is 0 Å². The van der Waals surface area contributed by atoms with Crippen LogP contribution in [0.25, 0.3) is 0 Å². The highest BCUT2D eigenvalue weighted by atomic mass is 16.5. The first-order valence-corrected chi connectivity index (χ1v) is 8.32. The van der Waals surface area contributed by atoms with E-state index in [0.717, 1.165) is 37.2 Å². The van der Waals surface area contributed by atoms with Crippen LogP contribution in [0.2, 0.25) is 0 Å². The standard InChI is InChI=1S/C18H24N2O3/c1-13-4-3-8-19(11-13)12-17(21)20-9-7-14-5-6-15(10-16(14)20)18(22)23-2/h5-6,10,13H,3-4,7-9,11-12H2,1-2H3/t13-/m0/s1. The molecular formula is C18H24N2O3. The average molecular weight is 316 g/mol. The van der Waals surface area contributed by atoms with Crippen molar-refractivity contribution < 1.29 is 14.3 Å². The van der Waals surface area contributed by atoms with Gasteiger partial charge in [-0.1, -0.05) is 13.0 Å². The Hall–Kier alpha value is -1.88. The van der Waals surface area contributed by atoms with Crippen molar-refractivity contribution >= 4 is 17.6 Å². The highest BCUT2D eigenvalue weighted by molar-refractivity contribution is 5.99. The van der Waals surface area contributed by atoms with Crippen LogP contribution < -0.4 is 4.90 Å². The van der Waals surface area contributed by atoms with Crippen molar-refractivity contribution in [2.75, 3.05) is 38.2 Å². The van der Waals surface area contributed by atoms with E-state index < -0.39 is 0 Å². The molecule has 0 aromatic heterocycles. The predicted molar refractivity (Wildman–Crippen MR) is 88.7 cm³/mol. The number of piperidine rings is 1. The Morgan fingerprint density at radius 3 is 2.87 bits per heavy atom. The minimum absolute atomic E-state index is 0.125. The number of esters is 1. The summed E-state index contributed by atoms with van der Waals surface area (Å²) in [6.07, 6.45) is 3.26. The van der Waals surface area contributed by atoms with Crippen LogP contribution in [-0.4, -0.2) is 50.1 Å². The van der Waals surface area contributed by atoms with E-state index in [2.05, 4.69) is 11.8 Å². The van der Waals surface area contributed by atoms with Crippen molar-refractivity contribution in [2.45, 2.75) is 26.2 Å². The lowest BCUT2D eigenvalue weighted by Crippen LogP contribution is -2.43. The molecule has 2 aliphatic rings. The molecule has 23 heavy (non-hydrogen) atoms. The van der Waals surface area contributed by atoms with Gasteiger partial charge in [0.15, 0.2) is 0 Å². The zero-order valence-electron chi connectivity index (χ0n) is 13.9. The summed E-state index contributed by atoms with van der Waals surface area (Å²) < 4.78 is 4.77. The smallest absolute Gasteiger partial charge is 0.337 e. The SMILES string of the molecule is COC(=O)c1ccc2c(c1)N(C(=O)CN1CCC[C@H](C)C1)CC2. The molecule has 1 aromatic rings. The average Bonchev–Trinajstić information content (AvgIpc) is 2.97. The first-order chi connectivity index (χ1) is 11.1. The minimum atomic E-state index is -0.364. The van der Waals surface area contributed by atoms with Gasteiger partial charge in [-0.25, -0.2) is 4.79 Å². The summed E-state index contributed by atoms with van der Waals surface area (Å²) in [5.74, 6) is 0.421. The molecule has 0 aliphatic carbocycles. The molecule has 0 bridgehead atoms. The molecule has 0 saturated carbocycles. The summed E-state index contributed by atoms with van der Waals surface area (Å²) in [5.41, 5.74) is 2.48. The lowest BCUT2D eigenvalue weighted by atomic mass is 10.0. The number of carbonyl (C=O) groups is 2. The van der Waals surface area contributed by atoms with Crippen molar-refractivity contribution in [1.82, 2.24) is 4.90 Å². The molecule has 0 N–H and O–H groups in total. The van der Waals surface area contributed by atoms with Crippen LogP contribution in [0.1, 0.15) is 35.7 Å². The van der Waals surface area contributed by atoms with Gasteiger partial charge in [0.2, 0.25) is 5.91 Å². The number of amides is 1. The van der Waals surface area contributed by atoms with E-state index in [-0.39, 0.29) is 11.9 Å². The van der Waals surface area contributed by atoms with Gasteiger partial charge < -0.3 is 9.64 Å². The summed E-state index contributed by atoms with van der Waals surface area (Å²) >= 11 is 0. The molecule has 2 aliphatic heterocycles. The van der Waals surface area contributed by atoms with Crippen LogP contribution in [0.15, 0.2) is 18.2 Å². The third kappa shape index (κ3) is 3.39. The normalized spacial score (nSPS) is 21.1. The topological polar surface area (TPSA) is 49.9 Å². The Kier molecular flexibility index (Phi) is 4.66. The van der Waals surface area contributed by atoms with E-state index in [0.29, 0.717) is 24.6 Å². The van der Waals surface area contributed by atoms with Gasteiger partial charge in [-0.15, -0.1) is 0 Å². The van der Waals surface area contributed by atoms with Crippen molar-refractivity contribution in [3.63, 3.8) is 0 Å². The third-order valence-electron chi connectivity index (χ3n) is 4.80. The van der Waals surface area contributed by atoms with Crippen molar-refractivity contribution in [3.8, 4) is 0 Å². The number of anilines is 1. The summed E-state index contributed by atoms with van der Waals surface area (Å²) in [6, 6.07) is 5.48. The lowest BCUT2D eigenvalue weighted by Gasteiger charge is -2.31. The molecule has 5 nitrogen and oxygen atoms in total. The van der Waals surface area contributed by atoms with Crippen LogP contribution in [0.3, 0.4) is 0 Å². The first-order valence-electron chi connectivity index (χ1n) is 8.32. The lowest BCUT2D eigenvalue weighted by molar-refractivity contribution is -0.120. The second-order valence-electron chi connectivity index (χ2n) is 6.61. The first kappa shape index (κ1) is 16.0. The Morgan fingerprint density at radius 1 is 1.30 bits per heavy atom. The Morgan fingerprint density at radius 2 is 2.13 bits per heavy atom. The Labute approximate surface area is 137 Å². The van der Waals surface area contributed by atoms with E-state index in [4.69, 9.17) is 4.74 Å². The minimum Gasteiger partial charge on any atom is -0.465 e. The molecular weight excluding hydrogens is 292 g/mol. The number of carbonyl (C=O) groups excluding carboxylic acids is 2. The number of rotatable bonds is 3. The van der Waals surface area contributed by atoms with Gasteiger partial charge in [0.05, 0.1) is 19.2 Å². The molecule has 3 rings (SSSR count). The number of hydrogen-bond acceptors (Lipinski definition) is 4. The number of ether oxygens (including phenoxy) is 1. The number of hydrogen-bond donors (Lipinski definition) is 0. The second-order valence-corrected chi connectivity index (χ2v) is 6.61. The van der Waals surface area contributed by atoms with Crippen molar-refractivity contribution in [3.05, 3.63) is 29.3 Å². The van der Waals surface area contributed by atoms with E-state index in [1.165, 1.54) is 13.5 Å². The molecule has 1 amide bonds. The van der Waals surface area contributed by atoms with Gasteiger partial charge >= 0.3 is 5.97 Å². The molecule has 124 valence electrons. The van der Waals surface area contributed by atoms with Gasteiger partial charge in [0.25, 0.3) is 0 Å². The van der Waals surface area contributed by atoms with Gasteiger partial charge in [-0.3, -0.25) is 9.69 Å². The molecule has 1 aromatic carbocycles. The van der Waals surface area contributed by atoms with Crippen LogP contribution >= 0.6 is 0 Å². The maximum Gasteiger partial charge on any atom is 0.337 e. The van der Waals surface area contributed by atoms with E-state index in [9.17, 15) is 9.59 Å². The zero-order valence-corrected chi connectivity index (χ0v) is 13.9. The van der Waals surface area contributed by atoms with Crippen molar-refractivity contribution in [1.29, 1.82) is 0 Å². The fraction of sp³-hybridized carbons (Fsp3) is 0.556. The quantitative estimate of drug-likeness (QED) is 0.801. The van der Waals surface area contributed by atoms with Crippen LogP contribution in [0, 0.1) is 5.92 Å². The Bertz CT molecular complexity index is 614. The van der Waals surface area contributed by atoms with E-state index >= 15 is 0 Å². The highest BCUT2D eigenvalue weighted by Crippen LogP contribution is 2.29. The molecule has 1 saturated heterocycles. The molecule has 5 heteroatoms. The maximum atomic E-state index is 12.7. The maximum absolute atomic E-state index is 12.7. The summed E-state index contributed by atoms with van der Waals surface area (Å²) in [6.45, 7) is 5.40. The summed E-state index contributed by atoms with van der Waals surface area (Å²) in [5, 5.41) is 0. The molecule has 2 heterocycles. The van der Waals surface area contributed by atoms with Crippen molar-refractivity contribution in [2.24, 2.45) is 5.92 Å². The van der Waals surface area contributed by atoms with Crippen LogP contribution in [-0.2, 0) is 16.0 Å². The van der Waals surface area contributed by atoms with Gasteiger partial charge in [0, 0.05) is 18.8 Å². The fourth-order valence-corrected chi connectivity index (χ4v) is 3.59. The van der Waals surface area contributed by atoms with Gasteiger partial charge in [0.1, 0.15) is 0 Å². The monoisotopic (exact) mass is 316 g/mol. The summed E-state index contributed by atoms with van der Waals surface area (Å²) in [7, 11) is 1.37. The molecule has 0 unspecified atom stereocenters. The number of likely N-dealkylation sites (tertiary alicyclic amines) is 1. The Balaban J connectivity index is 1.73. The second kappa shape index (κ2) is 6.71.